The quantitative estimate of drug-likeness (QED) is 0.646. The summed E-state index contributed by atoms with van der Waals surface area (Å²) in [6, 6.07) is 18.3. The minimum absolute atomic E-state index is 0.677. The number of benzene rings is 2. The monoisotopic (exact) mass is 390 g/mol. The number of hydrogen-bond acceptors (Lipinski definition) is 6. The molecule has 0 atom stereocenters. The second-order valence-corrected chi connectivity index (χ2v) is 7.08. The molecule has 4 rings (SSSR count). The molecule has 0 amide bonds. The van der Waals surface area contributed by atoms with Crippen LogP contribution >= 0.6 is 11.8 Å². The van der Waals surface area contributed by atoms with E-state index < -0.39 is 0 Å². The van der Waals surface area contributed by atoms with E-state index >= 15 is 0 Å². The van der Waals surface area contributed by atoms with Crippen LogP contribution in [0.1, 0.15) is 19.7 Å². The molecule has 3 aromatic rings. The van der Waals surface area contributed by atoms with E-state index in [0.717, 1.165) is 40.9 Å². The molecule has 1 aliphatic rings. The Morgan fingerprint density at radius 3 is 2.25 bits per heavy atom. The zero-order valence-electron chi connectivity index (χ0n) is 16.2. The molecule has 0 fully saturated rings. The summed E-state index contributed by atoms with van der Waals surface area (Å²) in [6.07, 6.45) is 2.00. The van der Waals surface area contributed by atoms with Crippen LogP contribution in [0.5, 0.6) is 0 Å². The summed E-state index contributed by atoms with van der Waals surface area (Å²) >= 11 is 1.56. The van der Waals surface area contributed by atoms with Gasteiger partial charge in [0.2, 0.25) is 5.82 Å². The molecule has 6 nitrogen and oxygen atoms in total. The van der Waals surface area contributed by atoms with Crippen molar-refractivity contribution in [3.05, 3.63) is 60.4 Å². The normalized spacial score (nSPS) is 14.2. The van der Waals surface area contributed by atoms with Crippen molar-refractivity contribution in [2.24, 2.45) is 10.1 Å². The minimum atomic E-state index is 0.677. The summed E-state index contributed by atoms with van der Waals surface area (Å²) in [4.78, 5) is 7.14. The third kappa shape index (κ3) is 3.33. The van der Waals surface area contributed by atoms with E-state index in [9.17, 15) is 0 Å². The number of nitrogens with zero attached hydrogens (tertiary/aromatic N) is 6. The Labute approximate surface area is 169 Å². The highest BCUT2D eigenvalue weighted by Crippen LogP contribution is 2.27. The summed E-state index contributed by atoms with van der Waals surface area (Å²) in [6.45, 7) is 6.29. The predicted molar refractivity (Wildman–Crippen MR) is 118 cm³/mol. The molecular formula is C21H22N6S. The molecule has 0 aliphatic carbocycles. The molecule has 0 N–H and O–H groups in total. The van der Waals surface area contributed by atoms with Crippen LogP contribution in [0.3, 0.4) is 0 Å². The number of aromatic nitrogens is 3. The van der Waals surface area contributed by atoms with Gasteiger partial charge in [0, 0.05) is 24.3 Å². The molecule has 2 heterocycles. The van der Waals surface area contributed by atoms with Crippen LogP contribution in [0.15, 0.2) is 64.7 Å². The number of fused-ring (bicyclic) bond motifs is 1. The standard InChI is InChI=1S/C21H22N6S/c1-4-26(5-2)17-13-11-16(12-14-17)22-18-20-24-23-19(15-9-7-6-8-10-15)27(20)25-21(18)28-3/h6-14H,4-5H2,1-3H3. The van der Waals surface area contributed by atoms with E-state index in [-0.39, 0.29) is 0 Å². The van der Waals surface area contributed by atoms with E-state index in [1.54, 1.807) is 16.4 Å². The van der Waals surface area contributed by atoms with Crippen molar-refractivity contribution < 1.29 is 0 Å². The van der Waals surface area contributed by atoms with E-state index in [0.29, 0.717) is 5.82 Å². The molecule has 7 heteroatoms. The summed E-state index contributed by atoms with van der Waals surface area (Å²) < 4.78 is 1.78. The van der Waals surface area contributed by atoms with Gasteiger partial charge in [-0.05, 0) is 44.4 Å². The Morgan fingerprint density at radius 1 is 0.929 bits per heavy atom. The highest BCUT2D eigenvalue weighted by atomic mass is 32.2. The van der Waals surface area contributed by atoms with Gasteiger partial charge >= 0.3 is 0 Å². The zero-order chi connectivity index (χ0) is 19.5. The van der Waals surface area contributed by atoms with Crippen LogP contribution in [0.4, 0.5) is 11.4 Å². The average molecular weight is 391 g/mol. The van der Waals surface area contributed by atoms with Gasteiger partial charge in [0.1, 0.15) is 10.8 Å². The number of rotatable bonds is 5. The molecule has 0 unspecified atom stereocenters. The number of thioether (sulfide) groups is 1. The highest BCUT2D eigenvalue weighted by Gasteiger charge is 2.28. The van der Waals surface area contributed by atoms with Crippen LogP contribution in [-0.2, 0) is 0 Å². The third-order valence-electron chi connectivity index (χ3n) is 4.69. The first kappa shape index (κ1) is 18.4. The summed E-state index contributed by atoms with van der Waals surface area (Å²) in [5.74, 6) is 1.40. The molecule has 28 heavy (non-hydrogen) atoms. The van der Waals surface area contributed by atoms with Crippen LogP contribution < -0.4 is 4.90 Å². The summed E-state index contributed by atoms with van der Waals surface area (Å²) in [5, 5.41) is 14.2. The van der Waals surface area contributed by atoms with Crippen LogP contribution in [-0.4, -0.2) is 45.0 Å². The van der Waals surface area contributed by atoms with E-state index in [4.69, 9.17) is 4.99 Å². The first-order valence-electron chi connectivity index (χ1n) is 9.33. The van der Waals surface area contributed by atoms with Crippen molar-refractivity contribution in [3.63, 3.8) is 0 Å². The second kappa shape index (κ2) is 7.98. The topological polar surface area (TPSA) is 58.7 Å². The largest absolute Gasteiger partial charge is 0.372 e. The summed E-state index contributed by atoms with van der Waals surface area (Å²) in [5.41, 5.74) is 3.83. The van der Waals surface area contributed by atoms with E-state index in [2.05, 4.69) is 46.2 Å². The lowest BCUT2D eigenvalue weighted by Crippen LogP contribution is -2.21. The molecular weight excluding hydrogens is 368 g/mol. The van der Waals surface area contributed by atoms with Crippen LogP contribution in [0.25, 0.3) is 11.4 Å². The minimum Gasteiger partial charge on any atom is -0.372 e. The maximum Gasteiger partial charge on any atom is 0.206 e. The van der Waals surface area contributed by atoms with Crippen molar-refractivity contribution >= 4 is 33.9 Å². The fourth-order valence-electron chi connectivity index (χ4n) is 3.21. The fraction of sp³-hybridized carbons (Fsp3) is 0.238. The zero-order valence-corrected chi connectivity index (χ0v) is 17.0. The number of anilines is 1. The van der Waals surface area contributed by atoms with Crippen molar-refractivity contribution in [1.29, 1.82) is 0 Å². The van der Waals surface area contributed by atoms with Gasteiger partial charge in [-0.25, -0.2) is 4.99 Å². The van der Waals surface area contributed by atoms with Gasteiger partial charge in [-0.2, -0.15) is 9.78 Å². The van der Waals surface area contributed by atoms with Crippen molar-refractivity contribution in [2.45, 2.75) is 13.8 Å². The number of aliphatic imine (C=N–C) groups is 1. The molecule has 0 bridgehead atoms. The molecule has 1 aliphatic heterocycles. The lowest BCUT2D eigenvalue weighted by molar-refractivity contribution is 0.866. The van der Waals surface area contributed by atoms with Crippen LogP contribution in [0.2, 0.25) is 0 Å². The second-order valence-electron chi connectivity index (χ2n) is 6.28. The highest BCUT2D eigenvalue weighted by molar-refractivity contribution is 8.15. The summed E-state index contributed by atoms with van der Waals surface area (Å²) in [7, 11) is 0. The Morgan fingerprint density at radius 2 is 1.61 bits per heavy atom. The SMILES string of the molecule is CCN(CC)c1ccc(N=C2C(SC)=Nn3c2nnc3-c2ccccc2)cc1. The maximum absolute atomic E-state index is 4.83. The van der Waals surface area contributed by atoms with Crippen molar-refractivity contribution in [2.75, 3.05) is 24.2 Å². The Bertz CT molecular complexity index is 1020. The maximum atomic E-state index is 4.83. The van der Waals surface area contributed by atoms with Gasteiger partial charge in [0.05, 0.1) is 5.69 Å². The Hall–Kier alpha value is -2.93. The lowest BCUT2D eigenvalue weighted by Gasteiger charge is -2.20. The lowest BCUT2D eigenvalue weighted by atomic mass is 10.2. The van der Waals surface area contributed by atoms with Gasteiger partial charge in [-0.15, -0.1) is 22.0 Å². The third-order valence-corrected chi connectivity index (χ3v) is 5.35. The van der Waals surface area contributed by atoms with Gasteiger partial charge in [-0.1, -0.05) is 30.3 Å². The molecule has 2 aromatic carbocycles. The van der Waals surface area contributed by atoms with Gasteiger partial charge in [0.15, 0.2) is 5.82 Å². The van der Waals surface area contributed by atoms with Crippen LogP contribution in [0, 0.1) is 0 Å². The molecule has 142 valence electrons. The smallest absolute Gasteiger partial charge is 0.206 e. The van der Waals surface area contributed by atoms with Gasteiger partial charge < -0.3 is 4.90 Å². The van der Waals surface area contributed by atoms with E-state index in [1.165, 1.54) is 5.69 Å². The van der Waals surface area contributed by atoms with Gasteiger partial charge in [-0.3, -0.25) is 0 Å². The average Bonchev–Trinajstić information content (AvgIpc) is 3.30. The van der Waals surface area contributed by atoms with E-state index in [1.807, 2.05) is 48.7 Å². The first-order chi connectivity index (χ1) is 13.7. The van der Waals surface area contributed by atoms with Crippen molar-refractivity contribution in [3.8, 4) is 11.4 Å². The molecule has 0 saturated heterocycles. The Kier molecular flexibility index (Phi) is 5.25. The molecule has 0 radical (unpaired) electrons. The van der Waals surface area contributed by atoms with Gasteiger partial charge in [0.25, 0.3) is 0 Å². The molecule has 0 saturated carbocycles. The number of hydrogen-bond donors (Lipinski definition) is 0. The molecule has 1 aromatic heterocycles. The fourth-order valence-corrected chi connectivity index (χ4v) is 3.71. The first-order valence-corrected chi connectivity index (χ1v) is 10.6. The molecule has 0 spiro atoms. The predicted octanol–water partition coefficient (Wildman–Crippen LogP) is 4.45. The van der Waals surface area contributed by atoms with Crippen molar-refractivity contribution in [1.82, 2.24) is 14.9 Å². The Balaban J connectivity index is 1.70.